The van der Waals surface area contributed by atoms with Gasteiger partial charge >= 0.3 is 0 Å². The van der Waals surface area contributed by atoms with E-state index in [0.717, 1.165) is 43.8 Å². The van der Waals surface area contributed by atoms with Crippen molar-refractivity contribution in [2.75, 3.05) is 20.2 Å². The SMILES string of the molecule is CNCc1nc2ccc(-c3ccc4c(c3)CN(C(=O)c3ccc(Br)cc3)CCO4)cc2[nH]1. The number of ether oxygens (including phenoxy) is 1. The number of H-pyrrole nitrogens is 1. The summed E-state index contributed by atoms with van der Waals surface area (Å²) in [5, 5.41) is 3.12. The molecule has 5 rings (SSSR count). The molecule has 7 heteroatoms. The molecule has 0 fully saturated rings. The van der Waals surface area contributed by atoms with Crippen LogP contribution in [-0.2, 0) is 13.1 Å². The molecule has 1 amide bonds. The predicted molar refractivity (Wildman–Crippen MR) is 129 cm³/mol. The van der Waals surface area contributed by atoms with Crippen LogP contribution in [0.2, 0.25) is 0 Å². The summed E-state index contributed by atoms with van der Waals surface area (Å²) in [6.07, 6.45) is 0. The van der Waals surface area contributed by atoms with Gasteiger partial charge in [0.25, 0.3) is 5.91 Å². The number of rotatable bonds is 4. The number of aromatic amines is 1. The van der Waals surface area contributed by atoms with Crippen molar-refractivity contribution >= 4 is 32.9 Å². The lowest BCUT2D eigenvalue weighted by molar-refractivity contribution is 0.0733. The van der Waals surface area contributed by atoms with Crippen LogP contribution in [0, 0.1) is 0 Å². The molecule has 2 N–H and O–H groups in total. The topological polar surface area (TPSA) is 70.2 Å². The number of nitrogens with zero attached hydrogens (tertiary/aromatic N) is 2. The summed E-state index contributed by atoms with van der Waals surface area (Å²) in [7, 11) is 1.90. The van der Waals surface area contributed by atoms with Gasteiger partial charge in [-0.15, -0.1) is 0 Å². The molecule has 4 aromatic rings. The number of halogens is 1. The van der Waals surface area contributed by atoms with Crippen molar-refractivity contribution in [1.82, 2.24) is 20.2 Å². The molecule has 32 heavy (non-hydrogen) atoms. The molecule has 1 aliphatic rings. The van der Waals surface area contributed by atoms with Gasteiger partial charge < -0.3 is 19.9 Å². The monoisotopic (exact) mass is 490 g/mol. The fourth-order valence-electron chi connectivity index (χ4n) is 4.02. The molecule has 0 radical (unpaired) electrons. The molecule has 0 saturated heterocycles. The van der Waals surface area contributed by atoms with Crippen molar-refractivity contribution in [1.29, 1.82) is 0 Å². The largest absolute Gasteiger partial charge is 0.491 e. The van der Waals surface area contributed by atoms with E-state index in [1.807, 2.05) is 48.3 Å². The van der Waals surface area contributed by atoms with E-state index < -0.39 is 0 Å². The molecule has 0 atom stereocenters. The number of benzene rings is 3. The second kappa shape index (κ2) is 8.76. The van der Waals surface area contributed by atoms with Gasteiger partial charge in [0.05, 0.1) is 24.1 Å². The van der Waals surface area contributed by atoms with Crippen LogP contribution in [0.25, 0.3) is 22.2 Å². The van der Waals surface area contributed by atoms with E-state index in [1.165, 1.54) is 0 Å². The van der Waals surface area contributed by atoms with Crippen molar-refractivity contribution in [2.45, 2.75) is 13.1 Å². The molecule has 0 bridgehead atoms. The molecule has 1 aromatic heterocycles. The Hall–Kier alpha value is -3.16. The van der Waals surface area contributed by atoms with Crippen LogP contribution >= 0.6 is 15.9 Å². The molecule has 3 aromatic carbocycles. The van der Waals surface area contributed by atoms with Gasteiger partial charge in [-0.2, -0.15) is 0 Å². The number of nitrogens with one attached hydrogen (secondary N) is 2. The van der Waals surface area contributed by atoms with Gasteiger partial charge in [0.2, 0.25) is 0 Å². The molecule has 0 aliphatic carbocycles. The van der Waals surface area contributed by atoms with Crippen LogP contribution in [0.4, 0.5) is 0 Å². The maximum atomic E-state index is 13.1. The summed E-state index contributed by atoms with van der Waals surface area (Å²) >= 11 is 3.42. The first-order chi connectivity index (χ1) is 15.6. The Morgan fingerprint density at radius 2 is 1.91 bits per heavy atom. The molecular formula is C25H23BrN4O2. The molecular weight excluding hydrogens is 468 g/mol. The molecule has 2 heterocycles. The van der Waals surface area contributed by atoms with Gasteiger partial charge in [-0.25, -0.2) is 4.98 Å². The predicted octanol–water partition coefficient (Wildman–Crippen LogP) is 4.75. The second-order valence-electron chi connectivity index (χ2n) is 7.85. The summed E-state index contributed by atoms with van der Waals surface area (Å²) in [5.41, 5.74) is 5.81. The lowest BCUT2D eigenvalue weighted by Gasteiger charge is -2.20. The van der Waals surface area contributed by atoms with Crippen LogP contribution in [0.15, 0.2) is 65.1 Å². The highest BCUT2D eigenvalue weighted by Gasteiger charge is 2.21. The van der Waals surface area contributed by atoms with Crippen molar-refractivity contribution in [3.63, 3.8) is 0 Å². The Morgan fingerprint density at radius 1 is 1.12 bits per heavy atom. The van der Waals surface area contributed by atoms with Crippen molar-refractivity contribution in [3.8, 4) is 16.9 Å². The molecule has 6 nitrogen and oxygen atoms in total. The van der Waals surface area contributed by atoms with Gasteiger partial charge in [-0.3, -0.25) is 4.79 Å². The molecule has 0 spiro atoms. The van der Waals surface area contributed by atoms with E-state index in [9.17, 15) is 4.79 Å². The Labute approximate surface area is 194 Å². The van der Waals surface area contributed by atoms with E-state index >= 15 is 0 Å². The zero-order valence-electron chi connectivity index (χ0n) is 17.7. The van der Waals surface area contributed by atoms with Crippen LogP contribution < -0.4 is 10.1 Å². The zero-order valence-corrected chi connectivity index (χ0v) is 19.3. The average molecular weight is 491 g/mol. The Morgan fingerprint density at radius 3 is 2.72 bits per heavy atom. The summed E-state index contributed by atoms with van der Waals surface area (Å²) in [4.78, 5) is 22.9. The number of carbonyl (C=O) groups excluding carboxylic acids is 1. The van der Waals surface area contributed by atoms with Crippen LogP contribution in [0.3, 0.4) is 0 Å². The first-order valence-electron chi connectivity index (χ1n) is 10.5. The third kappa shape index (κ3) is 4.13. The van der Waals surface area contributed by atoms with Gasteiger partial charge in [0, 0.05) is 22.1 Å². The lowest BCUT2D eigenvalue weighted by atomic mass is 10.0. The van der Waals surface area contributed by atoms with Crippen molar-refractivity contribution < 1.29 is 9.53 Å². The van der Waals surface area contributed by atoms with E-state index in [4.69, 9.17) is 4.74 Å². The number of imidazole rings is 1. The number of amides is 1. The summed E-state index contributed by atoms with van der Waals surface area (Å²) in [6, 6.07) is 19.9. The Bertz CT molecular complexity index is 1280. The van der Waals surface area contributed by atoms with Gasteiger partial charge in [-0.1, -0.05) is 28.1 Å². The fraction of sp³-hybridized carbons (Fsp3) is 0.200. The average Bonchev–Trinajstić information content (AvgIpc) is 3.08. The summed E-state index contributed by atoms with van der Waals surface area (Å²) in [6.45, 7) is 2.23. The van der Waals surface area contributed by atoms with E-state index in [0.29, 0.717) is 31.8 Å². The Balaban J connectivity index is 1.44. The normalized spacial score (nSPS) is 13.5. The maximum Gasteiger partial charge on any atom is 0.254 e. The number of carbonyl (C=O) groups is 1. The summed E-state index contributed by atoms with van der Waals surface area (Å²) in [5.74, 6) is 1.76. The van der Waals surface area contributed by atoms with Crippen molar-refractivity contribution in [3.05, 3.63) is 82.1 Å². The lowest BCUT2D eigenvalue weighted by Crippen LogP contribution is -2.32. The minimum atomic E-state index is 0.00953. The fourth-order valence-corrected chi connectivity index (χ4v) is 4.28. The standard InChI is InChI=1S/C25H23BrN4O2/c1-27-14-24-28-21-8-4-18(13-22(21)29-24)17-5-9-23-19(12-17)15-30(10-11-32-23)25(31)16-2-6-20(26)7-3-16/h2-9,12-13,27H,10-11,14-15H2,1H3,(H,28,29). The highest BCUT2D eigenvalue weighted by molar-refractivity contribution is 9.10. The quantitative estimate of drug-likeness (QED) is 0.433. The van der Waals surface area contributed by atoms with Gasteiger partial charge in [0.1, 0.15) is 18.2 Å². The molecule has 0 saturated carbocycles. The number of hydrogen-bond donors (Lipinski definition) is 2. The van der Waals surface area contributed by atoms with E-state index in [-0.39, 0.29) is 5.91 Å². The number of hydrogen-bond acceptors (Lipinski definition) is 4. The molecule has 162 valence electrons. The number of fused-ring (bicyclic) bond motifs is 2. The van der Waals surface area contributed by atoms with Crippen LogP contribution in [-0.4, -0.2) is 41.0 Å². The highest BCUT2D eigenvalue weighted by Crippen LogP contribution is 2.31. The minimum Gasteiger partial charge on any atom is -0.491 e. The van der Waals surface area contributed by atoms with Gasteiger partial charge in [0.15, 0.2) is 0 Å². The third-order valence-electron chi connectivity index (χ3n) is 5.63. The second-order valence-corrected chi connectivity index (χ2v) is 8.77. The maximum absolute atomic E-state index is 13.1. The minimum absolute atomic E-state index is 0.00953. The van der Waals surface area contributed by atoms with E-state index in [2.05, 4.69) is 55.5 Å². The van der Waals surface area contributed by atoms with Crippen LogP contribution in [0.1, 0.15) is 21.7 Å². The highest BCUT2D eigenvalue weighted by atomic mass is 79.9. The third-order valence-corrected chi connectivity index (χ3v) is 6.16. The molecule has 1 aliphatic heterocycles. The van der Waals surface area contributed by atoms with Crippen molar-refractivity contribution in [2.24, 2.45) is 0 Å². The van der Waals surface area contributed by atoms with Gasteiger partial charge in [-0.05, 0) is 66.7 Å². The smallest absolute Gasteiger partial charge is 0.254 e. The summed E-state index contributed by atoms with van der Waals surface area (Å²) < 4.78 is 6.90. The molecule has 0 unspecified atom stereocenters. The first kappa shape index (κ1) is 20.7. The zero-order chi connectivity index (χ0) is 22.1. The van der Waals surface area contributed by atoms with Crippen LogP contribution in [0.5, 0.6) is 5.75 Å². The number of aromatic nitrogens is 2. The first-order valence-corrected chi connectivity index (χ1v) is 11.3. The van der Waals surface area contributed by atoms with E-state index in [1.54, 1.807) is 0 Å². The Kier molecular flexibility index (Phi) is 5.68.